The lowest BCUT2D eigenvalue weighted by molar-refractivity contribution is -0.181. The first-order valence-corrected chi connectivity index (χ1v) is 13.8. The van der Waals surface area contributed by atoms with E-state index in [1.54, 1.807) is 5.57 Å². The zero-order valence-electron chi connectivity index (χ0n) is 21.0. The van der Waals surface area contributed by atoms with Crippen molar-refractivity contribution in [3.63, 3.8) is 0 Å². The summed E-state index contributed by atoms with van der Waals surface area (Å²) in [4.78, 5) is 0. The van der Waals surface area contributed by atoms with E-state index >= 15 is 0 Å². The Morgan fingerprint density at radius 2 is 1.68 bits per heavy atom. The summed E-state index contributed by atoms with van der Waals surface area (Å²) >= 11 is 0. The zero-order chi connectivity index (χ0) is 23.1. The molecule has 0 N–H and O–H groups in total. The minimum atomic E-state index is -0.295. The maximum absolute atomic E-state index is 6.69. The molecule has 0 radical (unpaired) electrons. The Bertz CT molecular complexity index is 1030. The molecule has 0 bridgehead atoms. The molecule has 3 saturated carbocycles. The fourth-order valence-corrected chi connectivity index (χ4v) is 9.54. The van der Waals surface area contributed by atoms with Crippen LogP contribution in [0, 0.1) is 30.1 Å². The molecule has 3 heteroatoms. The molecule has 34 heavy (non-hydrogen) atoms. The summed E-state index contributed by atoms with van der Waals surface area (Å²) in [5, 5.41) is 0. The molecule has 2 saturated heterocycles. The Morgan fingerprint density at radius 3 is 2.41 bits per heavy atom. The van der Waals surface area contributed by atoms with Gasteiger partial charge >= 0.3 is 0 Å². The van der Waals surface area contributed by atoms with Crippen molar-refractivity contribution < 1.29 is 14.2 Å². The summed E-state index contributed by atoms with van der Waals surface area (Å²) in [6.45, 7) is 11.7. The topological polar surface area (TPSA) is 27.7 Å². The van der Waals surface area contributed by atoms with E-state index in [-0.39, 0.29) is 16.8 Å². The summed E-state index contributed by atoms with van der Waals surface area (Å²) in [5.74, 6) is 2.23. The van der Waals surface area contributed by atoms with Gasteiger partial charge in [-0.25, -0.2) is 0 Å². The first kappa shape index (κ1) is 21.8. The van der Waals surface area contributed by atoms with Crippen LogP contribution in [0.4, 0.5) is 0 Å². The molecule has 2 aliphatic heterocycles. The lowest BCUT2D eigenvalue weighted by Gasteiger charge is -2.56. The Labute approximate surface area is 204 Å². The van der Waals surface area contributed by atoms with Crippen molar-refractivity contribution in [3.8, 4) is 0 Å². The van der Waals surface area contributed by atoms with Gasteiger partial charge in [0.2, 0.25) is 0 Å². The van der Waals surface area contributed by atoms with Crippen molar-refractivity contribution in [2.75, 3.05) is 19.8 Å². The largest absolute Gasteiger partial charge is 0.370 e. The molecule has 1 aromatic carbocycles. The fourth-order valence-electron chi connectivity index (χ4n) is 9.54. The van der Waals surface area contributed by atoms with Crippen molar-refractivity contribution in [1.82, 2.24) is 0 Å². The number of hydrogen-bond acceptors (Lipinski definition) is 3. The summed E-state index contributed by atoms with van der Waals surface area (Å²) in [6, 6.07) is 9.46. The summed E-state index contributed by atoms with van der Waals surface area (Å²) in [7, 11) is 0. The second kappa shape index (κ2) is 7.54. The molecule has 2 spiro atoms. The molecule has 2 heterocycles. The Kier molecular flexibility index (Phi) is 4.84. The molecule has 6 unspecified atom stereocenters. The van der Waals surface area contributed by atoms with Crippen molar-refractivity contribution >= 4 is 0 Å². The van der Waals surface area contributed by atoms with E-state index in [9.17, 15) is 0 Å². The average molecular weight is 461 g/mol. The van der Waals surface area contributed by atoms with Gasteiger partial charge in [0.1, 0.15) is 0 Å². The van der Waals surface area contributed by atoms with Gasteiger partial charge in [-0.2, -0.15) is 0 Å². The van der Waals surface area contributed by atoms with E-state index in [4.69, 9.17) is 14.2 Å². The molecule has 0 amide bonds. The number of allylic oxidation sites excluding steroid dienone is 2. The SMILES string of the molecule is C=C1CCOC12CCC1C3CCC4CC5(CCC4=C3C(c3ccc(C)cc3)CC12C)OCCO5. The molecular formula is C31H40O3. The minimum Gasteiger partial charge on any atom is -0.370 e. The molecule has 0 aromatic heterocycles. The maximum atomic E-state index is 6.69. The van der Waals surface area contributed by atoms with Crippen LogP contribution in [0.3, 0.4) is 0 Å². The standard InChI is InChI=1S/C31H40O3/c1-20-4-6-22(7-5-20)26-19-29(3)27(11-14-31(29)21(2)12-15-34-31)25-9-8-23-18-30(32-16-17-33-30)13-10-24(23)28(25)26/h4-7,23,25-27H,2,8-19H2,1,3H3. The molecule has 182 valence electrons. The highest BCUT2D eigenvalue weighted by Crippen LogP contribution is 2.70. The molecule has 4 aliphatic carbocycles. The van der Waals surface area contributed by atoms with E-state index in [1.807, 2.05) is 5.57 Å². The predicted molar refractivity (Wildman–Crippen MR) is 134 cm³/mol. The molecular weight excluding hydrogens is 420 g/mol. The van der Waals surface area contributed by atoms with Crippen molar-refractivity contribution in [1.29, 1.82) is 0 Å². The third kappa shape index (κ3) is 2.87. The Balaban J connectivity index is 1.34. The smallest absolute Gasteiger partial charge is 0.169 e. The first-order chi connectivity index (χ1) is 16.4. The number of rotatable bonds is 1. The Hall–Kier alpha value is -1.42. The molecule has 1 aromatic rings. The van der Waals surface area contributed by atoms with Gasteiger partial charge in [0.25, 0.3) is 0 Å². The lowest BCUT2D eigenvalue weighted by atomic mass is 9.49. The average Bonchev–Trinajstić information content (AvgIpc) is 3.53. The highest BCUT2D eigenvalue weighted by Gasteiger charge is 2.66. The van der Waals surface area contributed by atoms with Crippen LogP contribution in [0.15, 0.2) is 47.6 Å². The monoisotopic (exact) mass is 460 g/mol. The number of benzene rings is 1. The van der Waals surface area contributed by atoms with E-state index in [0.29, 0.717) is 23.7 Å². The van der Waals surface area contributed by atoms with Gasteiger partial charge in [0.15, 0.2) is 5.79 Å². The van der Waals surface area contributed by atoms with E-state index in [2.05, 4.69) is 44.7 Å². The highest BCUT2D eigenvalue weighted by atomic mass is 16.7. The maximum Gasteiger partial charge on any atom is 0.169 e. The van der Waals surface area contributed by atoms with Gasteiger partial charge in [-0.3, -0.25) is 0 Å². The first-order valence-electron chi connectivity index (χ1n) is 13.8. The Morgan fingerprint density at radius 1 is 0.882 bits per heavy atom. The third-order valence-corrected chi connectivity index (χ3v) is 11.1. The van der Waals surface area contributed by atoms with Crippen LogP contribution in [0.1, 0.15) is 81.8 Å². The summed E-state index contributed by atoms with van der Waals surface area (Å²) < 4.78 is 19.1. The van der Waals surface area contributed by atoms with Gasteiger partial charge in [0.05, 0.1) is 25.4 Å². The fraction of sp³-hybridized carbons (Fsp3) is 0.677. The molecule has 6 aliphatic rings. The van der Waals surface area contributed by atoms with Crippen LogP contribution < -0.4 is 0 Å². The molecule has 3 nitrogen and oxygen atoms in total. The predicted octanol–water partition coefficient (Wildman–Crippen LogP) is 6.86. The van der Waals surface area contributed by atoms with Crippen LogP contribution in [-0.4, -0.2) is 31.2 Å². The van der Waals surface area contributed by atoms with E-state index in [0.717, 1.165) is 45.5 Å². The van der Waals surface area contributed by atoms with Gasteiger partial charge < -0.3 is 14.2 Å². The summed E-state index contributed by atoms with van der Waals surface area (Å²) in [6.07, 6.45) is 10.5. The number of aryl methyl sites for hydroxylation is 1. The number of hydrogen-bond donors (Lipinski definition) is 0. The van der Waals surface area contributed by atoms with Crippen molar-refractivity contribution in [3.05, 3.63) is 58.7 Å². The van der Waals surface area contributed by atoms with Gasteiger partial charge in [-0.05, 0) is 80.8 Å². The second-order valence-electron chi connectivity index (χ2n) is 12.4. The van der Waals surface area contributed by atoms with Crippen molar-refractivity contribution in [2.24, 2.45) is 23.2 Å². The normalized spacial score (nSPS) is 42.8. The number of fused-ring (bicyclic) bond motifs is 5. The molecule has 6 atom stereocenters. The minimum absolute atomic E-state index is 0.101. The van der Waals surface area contributed by atoms with Crippen LogP contribution in [0.5, 0.6) is 0 Å². The van der Waals surface area contributed by atoms with Gasteiger partial charge in [-0.15, -0.1) is 0 Å². The molecule has 5 fully saturated rings. The van der Waals surface area contributed by atoms with Crippen LogP contribution >= 0.6 is 0 Å². The van der Waals surface area contributed by atoms with E-state index < -0.39 is 0 Å². The number of ether oxygens (including phenoxy) is 3. The van der Waals surface area contributed by atoms with Crippen molar-refractivity contribution in [2.45, 2.75) is 88.9 Å². The van der Waals surface area contributed by atoms with Gasteiger partial charge in [0, 0.05) is 24.2 Å². The lowest BCUT2D eigenvalue weighted by Crippen LogP contribution is -2.52. The summed E-state index contributed by atoms with van der Waals surface area (Å²) in [5.41, 5.74) is 7.90. The molecule has 7 rings (SSSR count). The van der Waals surface area contributed by atoms with Gasteiger partial charge in [-0.1, -0.05) is 54.5 Å². The van der Waals surface area contributed by atoms with E-state index in [1.165, 1.54) is 48.8 Å². The highest BCUT2D eigenvalue weighted by molar-refractivity contribution is 5.43. The second-order valence-corrected chi connectivity index (χ2v) is 12.4. The third-order valence-electron chi connectivity index (χ3n) is 11.1. The van der Waals surface area contributed by atoms with Crippen LogP contribution in [-0.2, 0) is 14.2 Å². The zero-order valence-corrected chi connectivity index (χ0v) is 21.0. The quantitative estimate of drug-likeness (QED) is 0.428. The van der Waals surface area contributed by atoms with Crippen LogP contribution in [0.25, 0.3) is 0 Å². The van der Waals surface area contributed by atoms with Crippen LogP contribution in [0.2, 0.25) is 0 Å².